The number of benzene rings is 6. The third kappa shape index (κ3) is 3.17. The highest BCUT2D eigenvalue weighted by Gasteiger charge is 2.08. The second-order valence-electron chi connectivity index (χ2n) is 8.20. The highest BCUT2D eigenvalue weighted by molar-refractivity contribution is 6.09. The Morgan fingerprint density at radius 3 is 1.84 bits per heavy atom. The summed E-state index contributed by atoms with van der Waals surface area (Å²) in [6.07, 6.45) is 0.932. The van der Waals surface area contributed by atoms with Gasteiger partial charge in [-0.05, 0) is 61.0 Å². The molecule has 6 aromatic rings. The minimum Gasteiger partial charge on any atom is -0.0616 e. The van der Waals surface area contributed by atoms with Crippen molar-refractivity contribution in [2.75, 3.05) is 0 Å². The van der Waals surface area contributed by atoms with Crippen LogP contribution in [0.15, 0.2) is 121 Å². The fraction of sp³-hybridized carbons (Fsp3) is 0.0323. The molecule has 0 radical (unpaired) electrons. The summed E-state index contributed by atoms with van der Waals surface area (Å²) in [7, 11) is 0. The zero-order valence-corrected chi connectivity index (χ0v) is 17.3. The lowest BCUT2D eigenvalue weighted by Crippen LogP contribution is -1.92. The molecule has 31 heavy (non-hydrogen) atoms. The lowest BCUT2D eigenvalue weighted by molar-refractivity contribution is 1.22. The summed E-state index contributed by atoms with van der Waals surface area (Å²) in [5, 5.41) is 7.91. The van der Waals surface area contributed by atoms with E-state index in [0.29, 0.717) is 0 Å². The van der Waals surface area contributed by atoms with Crippen molar-refractivity contribution < 1.29 is 0 Å². The molecule has 0 saturated heterocycles. The monoisotopic (exact) mass is 394 g/mol. The fourth-order valence-corrected chi connectivity index (χ4v) is 4.78. The van der Waals surface area contributed by atoms with Gasteiger partial charge < -0.3 is 0 Å². The molecular weight excluding hydrogens is 372 g/mol. The van der Waals surface area contributed by atoms with Gasteiger partial charge in [-0.15, -0.1) is 0 Å². The van der Waals surface area contributed by atoms with Crippen molar-refractivity contribution in [2.45, 2.75) is 6.42 Å². The zero-order valence-electron chi connectivity index (χ0n) is 17.3. The lowest BCUT2D eigenvalue weighted by atomic mass is 9.92. The summed E-state index contributed by atoms with van der Waals surface area (Å²) in [6.45, 7) is 0. The van der Waals surface area contributed by atoms with Crippen LogP contribution < -0.4 is 0 Å². The molecule has 0 heterocycles. The van der Waals surface area contributed by atoms with Crippen molar-refractivity contribution in [2.24, 2.45) is 0 Å². The van der Waals surface area contributed by atoms with Gasteiger partial charge in [-0.25, -0.2) is 0 Å². The Hall–Kier alpha value is -3.90. The van der Waals surface area contributed by atoms with E-state index in [9.17, 15) is 0 Å². The van der Waals surface area contributed by atoms with Crippen molar-refractivity contribution in [3.63, 3.8) is 0 Å². The first-order valence-corrected chi connectivity index (χ1v) is 10.8. The van der Waals surface area contributed by atoms with E-state index in [-0.39, 0.29) is 0 Å². The molecule has 0 aliphatic heterocycles. The second-order valence-corrected chi connectivity index (χ2v) is 8.20. The van der Waals surface area contributed by atoms with Gasteiger partial charge in [0, 0.05) is 0 Å². The van der Waals surface area contributed by atoms with Crippen molar-refractivity contribution in [3.05, 3.63) is 132 Å². The Balaban J connectivity index is 1.41. The first kappa shape index (κ1) is 17.9. The molecule has 0 spiro atoms. The van der Waals surface area contributed by atoms with E-state index in [0.717, 1.165) is 6.42 Å². The van der Waals surface area contributed by atoms with Crippen LogP contribution in [0.1, 0.15) is 11.1 Å². The Morgan fingerprint density at radius 2 is 1.03 bits per heavy atom. The predicted molar refractivity (Wildman–Crippen MR) is 134 cm³/mol. The van der Waals surface area contributed by atoms with Crippen molar-refractivity contribution in [1.29, 1.82) is 0 Å². The van der Waals surface area contributed by atoms with Crippen molar-refractivity contribution in [1.82, 2.24) is 0 Å². The van der Waals surface area contributed by atoms with Crippen molar-refractivity contribution >= 4 is 32.3 Å². The van der Waals surface area contributed by atoms with E-state index in [2.05, 4.69) is 121 Å². The SMILES string of the molecule is c1ccc2c(-c3ccc(Cc4cc5ccccc5c5ccccc45)cc3)cccc2c1. The summed E-state index contributed by atoms with van der Waals surface area (Å²) in [5.74, 6) is 0. The fourth-order valence-electron chi connectivity index (χ4n) is 4.78. The molecule has 0 unspecified atom stereocenters. The Bertz CT molecular complexity index is 1530. The van der Waals surface area contributed by atoms with Crippen LogP contribution in [0.3, 0.4) is 0 Å². The van der Waals surface area contributed by atoms with E-state index in [4.69, 9.17) is 0 Å². The smallest absolute Gasteiger partial charge is 0.00194 e. The molecule has 0 fully saturated rings. The first-order valence-electron chi connectivity index (χ1n) is 10.8. The van der Waals surface area contributed by atoms with Gasteiger partial charge in [-0.1, -0.05) is 121 Å². The van der Waals surface area contributed by atoms with Crippen LogP contribution in [0.25, 0.3) is 43.4 Å². The number of hydrogen-bond acceptors (Lipinski definition) is 0. The minimum absolute atomic E-state index is 0.932. The Labute approximate surface area is 182 Å². The summed E-state index contributed by atoms with van der Waals surface area (Å²) < 4.78 is 0. The zero-order chi connectivity index (χ0) is 20.6. The van der Waals surface area contributed by atoms with Gasteiger partial charge in [0.25, 0.3) is 0 Å². The summed E-state index contributed by atoms with van der Waals surface area (Å²) in [5.41, 5.74) is 5.28. The molecule has 0 nitrogen and oxygen atoms in total. The summed E-state index contributed by atoms with van der Waals surface area (Å²) in [4.78, 5) is 0. The van der Waals surface area contributed by atoms with Gasteiger partial charge in [0.05, 0.1) is 0 Å². The van der Waals surface area contributed by atoms with Crippen LogP contribution in [0, 0.1) is 0 Å². The Morgan fingerprint density at radius 1 is 0.419 bits per heavy atom. The van der Waals surface area contributed by atoms with Gasteiger partial charge >= 0.3 is 0 Å². The molecule has 146 valence electrons. The van der Waals surface area contributed by atoms with Crippen LogP contribution in [-0.4, -0.2) is 0 Å². The normalized spacial score (nSPS) is 11.4. The quantitative estimate of drug-likeness (QED) is 0.264. The topological polar surface area (TPSA) is 0 Å². The maximum absolute atomic E-state index is 2.36. The molecule has 6 aromatic carbocycles. The third-order valence-electron chi connectivity index (χ3n) is 6.30. The number of hydrogen-bond donors (Lipinski definition) is 0. The van der Waals surface area contributed by atoms with Gasteiger partial charge in [-0.2, -0.15) is 0 Å². The number of fused-ring (bicyclic) bond motifs is 4. The van der Waals surface area contributed by atoms with E-state index in [1.807, 2.05) is 0 Å². The van der Waals surface area contributed by atoms with Crippen LogP contribution in [-0.2, 0) is 6.42 Å². The van der Waals surface area contributed by atoms with E-state index < -0.39 is 0 Å². The molecule has 0 N–H and O–H groups in total. The lowest BCUT2D eigenvalue weighted by Gasteiger charge is -2.12. The molecule has 0 aliphatic carbocycles. The van der Waals surface area contributed by atoms with Crippen LogP contribution >= 0.6 is 0 Å². The molecule has 0 atom stereocenters. The molecule has 0 heteroatoms. The van der Waals surface area contributed by atoms with E-state index in [1.165, 1.54) is 54.6 Å². The largest absolute Gasteiger partial charge is 0.0616 e. The molecule has 0 saturated carbocycles. The van der Waals surface area contributed by atoms with Gasteiger partial charge in [-0.3, -0.25) is 0 Å². The highest BCUT2D eigenvalue weighted by atomic mass is 14.1. The van der Waals surface area contributed by atoms with Crippen molar-refractivity contribution in [3.8, 4) is 11.1 Å². The third-order valence-corrected chi connectivity index (χ3v) is 6.30. The predicted octanol–water partition coefficient (Wildman–Crippen LogP) is 8.40. The molecule has 0 bridgehead atoms. The summed E-state index contributed by atoms with van der Waals surface area (Å²) >= 11 is 0. The Kier molecular flexibility index (Phi) is 4.28. The highest BCUT2D eigenvalue weighted by Crippen LogP contribution is 2.32. The van der Waals surface area contributed by atoms with E-state index in [1.54, 1.807) is 0 Å². The average molecular weight is 395 g/mol. The first-order chi connectivity index (χ1) is 15.4. The van der Waals surface area contributed by atoms with Gasteiger partial charge in [0.1, 0.15) is 0 Å². The molecule has 0 aromatic heterocycles. The molecule has 0 aliphatic rings. The summed E-state index contributed by atoms with van der Waals surface area (Å²) in [6, 6.07) is 44.0. The van der Waals surface area contributed by atoms with E-state index >= 15 is 0 Å². The van der Waals surface area contributed by atoms with Crippen LogP contribution in [0.5, 0.6) is 0 Å². The molecule has 6 rings (SSSR count). The molecular formula is C31H22. The maximum atomic E-state index is 2.36. The van der Waals surface area contributed by atoms with Gasteiger partial charge in [0.15, 0.2) is 0 Å². The standard InChI is InChI=1S/C31H22/c1-3-11-27-23(8-1)10-7-15-28(27)24-18-16-22(17-19-24)20-26-21-25-9-2-4-12-29(25)31-14-6-5-13-30(26)31/h1-19,21H,20H2. The maximum Gasteiger partial charge on any atom is -0.00194 e. The second kappa shape index (κ2) is 7.41. The van der Waals surface area contributed by atoms with Crippen LogP contribution in [0.2, 0.25) is 0 Å². The number of rotatable bonds is 3. The van der Waals surface area contributed by atoms with Gasteiger partial charge in [0.2, 0.25) is 0 Å². The average Bonchev–Trinajstić information content (AvgIpc) is 2.84. The molecule has 0 amide bonds. The minimum atomic E-state index is 0.932. The van der Waals surface area contributed by atoms with Crippen LogP contribution in [0.4, 0.5) is 0 Å².